The van der Waals surface area contributed by atoms with E-state index < -0.39 is 12.0 Å². The van der Waals surface area contributed by atoms with E-state index >= 15 is 0 Å². The highest BCUT2D eigenvalue weighted by molar-refractivity contribution is 6.10. The molecule has 1 aliphatic carbocycles. The summed E-state index contributed by atoms with van der Waals surface area (Å²) in [5, 5.41) is 10.8. The van der Waals surface area contributed by atoms with E-state index in [9.17, 15) is 18.4 Å². The molecule has 7 nitrogen and oxygen atoms in total. The van der Waals surface area contributed by atoms with Gasteiger partial charge in [-0.1, -0.05) is 0 Å². The normalized spacial score (nSPS) is 19.4. The van der Waals surface area contributed by atoms with Gasteiger partial charge in [0.05, 0.1) is 5.69 Å². The van der Waals surface area contributed by atoms with Crippen molar-refractivity contribution in [2.45, 2.75) is 57.7 Å². The highest BCUT2D eigenvalue weighted by Crippen LogP contribution is 2.42. The third-order valence-electron chi connectivity index (χ3n) is 5.12. The van der Waals surface area contributed by atoms with Crippen LogP contribution < -0.4 is 20.7 Å². The number of rotatable bonds is 7. The van der Waals surface area contributed by atoms with Gasteiger partial charge in [0.1, 0.15) is 5.75 Å². The molecular formula is C20H24F2N4O3. The van der Waals surface area contributed by atoms with Crippen molar-refractivity contribution in [1.29, 1.82) is 5.41 Å². The zero-order valence-corrected chi connectivity index (χ0v) is 16.3. The van der Waals surface area contributed by atoms with Gasteiger partial charge in [-0.25, -0.2) is 0 Å². The van der Waals surface area contributed by atoms with Gasteiger partial charge in [0.2, 0.25) is 5.91 Å². The molecule has 3 rings (SSSR count). The number of ether oxygens (including phenoxy) is 1. The fourth-order valence-electron chi connectivity index (χ4n) is 3.46. The second-order valence-corrected chi connectivity index (χ2v) is 7.38. The number of benzene rings is 1. The van der Waals surface area contributed by atoms with Crippen molar-refractivity contribution in [1.82, 2.24) is 5.32 Å². The molecule has 2 aliphatic rings. The summed E-state index contributed by atoms with van der Waals surface area (Å²) in [6.07, 6.45) is 1.29. The van der Waals surface area contributed by atoms with Gasteiger partial charge in [-0.2, -0.15) is 8.78 Å². The quantitative estimate of drug-likeness (QED) is 0.605. The predicted molar refractivity (Wildman–Crippen MR) is 105 cm³/mol. The van der Waals surface area contributed by atoms with E-state index in [-0.39, 0.29) is 23.3 Å². The lowest BCUT2D eigenvalue weighted by Gasteiger charge is -2.36. The Morgan fingerprint density at radius 1 is 1.34 bits per heavy atom. The van der Waals surface area contributed by atoms with E-state index in [1.54, 1.807) is 12.3 Å². The lowest BCUT2D eigenvalue weighted by atomic mass is 9.91. The lowest BCUT2D eigenvalue weighted by molar-refractivity contribution is -0.189. The number of amides is 2. The summed E-state index contributed by atoms with van der Waals surface area (Å²) in [6.45, 7) is 3.28. The Morgan fingerprint density at radius 3 is 2.59 bits per heavy atom. The fourth-order valence-corrected chi connectivity index (χ4v) is 3.46. The van der Waals surface area contributed by atoms with E-state index in [1.165, 1.54) is 17.9 Å². The zero-order chi connectivity index (χ0) is 21.3. The minimum absolute atomic E-state index is 0.107. The molecular weight excluding hydrogens is 382 g/mol. The highest BCUT2D eigenvalue weighted by Gasteiger charge is 2.42. The number of hydrogen-bond acceptors (Lipinski definition) is 5. The molecule has 0 spiro atoms. The van der Waals surface area contributed by atoms with E-state index in [0.29, 0.717) is 35.7 Å². The molecule has 1 fully saturated rings. The molecule has 0 unspecified atom stereocenters. The van der Waals surface area contributed by atoms with Crippen molar-refractivity contribution in [2.24, 2.45) is 5.73 Å². The number of carbonyl (C=O) groups is 2. The number of primary amides is 1. The van der Waals surface area contributed by atoms with Crippen LogP contribution in [-0.2, 0) is 16.0 Å². The van der Waals surface area contributed by atoms with Crippen molar-refractivity contribution in [3.8, 4) is 5.75 Å². The van der Waals surface area contributed by atoms with Crippen LogP contribution in [0.4, 0.5) is 14.5 Å². The average molecular weight is 406 g/mol. The van der Waals surface area contributed by atoms with Gasteiger partial charge in [-0.05, 0) is 44.7 Å². The zero-order valence-electron chi connectivity index (χ0n) is 16.3. The second kappa shape index (κ2) is 7.81. The van der Waals surface area contributed by atoms with Gasteiger partial charge < -0.3 is 26.1 Å². The van der Waals surface area contributed by atoms with Crippen LogP contribution in [0.1, 0.15) is 44.2 Å². The number of nitrogens with zero attached hydrogens (tertiary/aromatic N) is 1. The summed E-state index contributed by atoms with van der Waals surface area (Å²) in [7, 11) is 0. The Kier molecular flexibility index (Phi) is 5.59. The van der Waals surface area contributed by atoms with Gasteiger partial charge >= 0.3 is 12.0 Å². The Balaban J connectivity index is 2.15. The first-order chi connectivity index (χ1) is 13.7. The minimum Gasteiger partial charge on any atom is -0.424 e. The molecule has 0 aromatic heterocycles. The summed E-state index contributed by atoms with van der Waals surface area (Å²) >= 11 is 0. The van der Waals surface area contributed by atoms with Crippen LogP contribution in [0.3, 0.4) is 0 Å². The molecule has 1 aromatic carbocycles. The van der Waals surface area contributed by atoms with Crippen LogP contribution in [0.5, 0.6) is 5.75 Å². The Bertz CT molecular complexity index is 881. The number of carbonyl (C=O) groups excluding carboxylic acids is 2. The van der Waals surface area contributed by atoms with Crippen molar-refractivity contribution in [3.05, 3.63) is 29.5 Å². The topological polar surface area (TPSA) is 109 Å². The van der Waals surface area contributed by atoms with Crippen LogP contribution in [0.2, 0.25) is 0 Å². The minimum atomic E-state index is -4.23. The Morgan fingerprint density at radius 2 is 2.03 bits per heavy atom. The molecule has 4 N–H and O–H groups in total. The number of anilines is 1. The highest BCUT2D eigenvalue weighted by atomic mass is 19.3. The average Bonchev–Trinajstić information content (AvgIpc) is 3.47. The summed E-state index contributed by atoms with van der Waals surface area (Å²) in [5.74, 6) is -2.38. The number of allylic oxidation sites excluding steroid dienone is 1. The number of halogens is 2. The number of fused-ring (bicyclic) bond motifs is 1. The van der Waals surface area contributed by atoms with E-state index in [2.05, 4.69) is 5.32 Å². The standard InChI is InChI=1S/C20H24F2N4O3/c1-11-3-6-16-17(26(11)12(2)27)8-7-15(13(9-23)10-25-14-4-5-14)18(16)29-20(21,22)19(24)28/h7-11,14,23,25H,3-6H2,1-2H3,(H2,24,28)/b13-10+,23-9?/t11-/m0/s1. The molecule has 1 aromatic rings. The second-order valence-electron chi connectivity index (χ2n) is 7.38. The molecule has 2 amide bonds. The van der Waals surface area contributed by atoms with Gasteiger partial charge in [-0.15, -0.1) is 0 Å². The molecule has 0 saturated heterocycles. The molecule has 29 heavy (non-hydrogen) atoms. The van der Waals surface area contributed by atoms with Crippen molar-refractivity contribution in [3.63, 3.8) is 0 Å². The molecule has 1 saturated carbocycles. The van der Waals surface area contributed by atoms with Gasteiger partial charge in [0, 0.05) is 48.1 Å². The van der Waals surface area contributed by atoms with Crippen LogP contribution in [-0.4, -0.2) is 36.2 Å². The monoisotopic (exact) mass is 406 g/mol. The van der Waals surface area contributed by atoms with Gasteiger partial charge in [0.15, 0.2) is 0 Å². The van der Waals surface area contributed by atoms with Crippen LogP contribution in [0.15, 0.2) is 18.3 Å². The molecule has 1 aliphatic heterocycles. The molecule has 1 heterocycles. The fraction of sp³-hybridized carbons (Fsp3) is 0.450. The van der Waals surface area contributed by atoms with Crippen molar-refractivity contribution < 1.29 is 23.1 Å². The number of alkyl halides is 2. The first kappa shape index (κ1) is 20.8. The maximum Gasteiger partial charge on any atom is 0.482 e. The Labute approximate surface area is 167 Å². The number of hydrogen-bond donors (Lipinski definition) is 3. The van der Waals surface area contributed by atoms with Crippen LogP contribution in [0.25, 0.3) is 5.57 Å². The summed E-state index contributed by atoms with van der Waals surface area (Å²) in [5.41, 5.74) is 6.20. The summed E-state index contributed by atoms with van der Waals surface area (Å²) in [4.78, 5) is 24.9. The first-order valence-corrected chi connectivity index (χ1v) is 9.45. The number of nitrogens with one attached hydrogen (secondary N) is 2. The van der Waals surface area contributed by atoms with E-state index in [4.69, 9.17) is 15.9 Å². The molecule has 0 bridgehead atoms. The van der Waals surface area contributed by atoms with E-state index in [0.717, 1.165) is 19.1 Å². The van der Waals surface area contributed by atoms with Gasteiger partial charge in [-0.3, -0.25) is 9.59 Å². The van der Waals surface area contributed by atoms with Crippen molar-refractivity contribution in [2.75, 3.05) is 4.90 Å². The van der Waals surface area contributed by atoms with Crippen LogP contribution >= 0.6 is 0 Å². The predicted octanol–water partition coefficient (Wildman–Crippen LogP) is 2.57. The third-order valence-corrected chi connectivity index (χ3v) is 5.12. The SMILES string of the molecule is CC(=O)N1c2ccc(/C(C=N)=C/NC3CC3)c(OC(F)(F)C(N)=O)c2CC[C@@H]1C. The maximum atomic E-state index is 14.1. The lowest BCUT2D eigenvalue weighted by Crippen LogP contribution is -2.43. The van der Waals surface area contributed by atoms with Crippen LogP contribution in [0, 0.1) is 5.41 Å². The molecule has 9 heteroatoms. The van der Waals surface area contributed by atoms with E-state index in [1.807, 2.05) is 6.92 Å². The first-order valence-electron chi connectivity index (χ1n) is 9.45. The number of nitrogens with two attached hydrogens (primary N) is 1. The Hall–Kier alpha value is -2.97. The molecule has 0 radical (unpaired) electrons. The van der Waals surface area contributed by atoms with Gasteiger partial charge in [0.25, 0.3) is 0 Å². The largest absolute Gasteiger partial charge is 0.482 e. The third kappa shape index (κ3) is 4.23. The smallest absolute Gasteiger partial charge is 0.424 e. The molecule has 1 atom stereocenters. The summed E-state index contributed by atoms with van der Waals surface area (Å²) in [6, 6.07) is 3.37. The molecule has 156 valence electrons. The van der Waals surface area contributed by atoms with Crippen molar-refractivity contribution >= 4 is 29.3 Å². The maximum absolute atomic E-state index is 14.1. The summed E-state index contributed by atoms with van der Waals surface area (Å²) < 4.78 is 33.1.